The van der Waals surface area contributed by atoms with Crippen LogP contribution in [0.3, 0.4) is 0 Å². The van der Waals surface area contributed by atoms with Gasteiger partial charge in [0.2, 0.25) is 0 Å². The van der Waals surface area contributed by atoms with Crippen molar-refractivity contribution in [3.63, 3.8) is 0 Å². The summed E-state index contributed by atoms with van der Waals surface area (Å²) in [6.45, 7) is 7.30. The third kappa shape index (κ3) is 4.80. The van der Waals surface area contributed by atoms with E-state index in [4.69, 9.17) is 20.9 Å². The number of carbonyl (C=O) groups excluding carboxylic acids is 1. The lowest BCUT2D eigenvalue weighted by molar-refractivity contribution is 0.0676. The Kier molecular flexibility index (Phi) is 5.89. The van der Waals surface area contributed by atoms with Crippen LogP contribution in [-0.4, -0.2) is 51.4 Å². The number of hydrogen-bond donors (Lipinski definition) is 1. The van der Waals surface area contributed by atoms with Gasteiger partial charge in [0.25, 0.3) is 0 Å². The molecule has 0 bridgehead atoms. The highest BCUT2D eigenvalue weighted by atomic mass is 35.5. The molecule has 1 N–H and O–H groups in total. The Morgan fingerprint density at radius 2 is 2.28 bits per heavy atom. The standard InChI is InChI=1S/C19H22ClN5O3S/c1-12(2)25-9-13(10-25)8-22-19(26)27-18-21-5-6-24(18)11-14-7-15(28-23-14)16-3-4-17(20)29-16/h3-7,12-13H,8-11H2,1-2H3,(H,22,26). The van der Waals surface area contributed by atoms with Gasteiger partial charge >= 0.3 is 12.1 Å². The molecular formula is C19H22ClN5O3S. The number of thiophene rings is 1. The molecule has 1 saturated heterocycles. The number of aromatic nitrogens is 3. The van der Waals surface area contributed by atoms with Crippen LogP contribution < -0.4 is 10.1 Å². The number of carbonyl (C=O) groups is 1. The zero-order chi connectivity index (χ0) is 20.4. The lowest BCUT2D eigenvalue weighted by Crippen LogP contribution is -2.54. The molecule has 0 atom stereocenters. The largest absolute Gasteiger partial charge is 0.415 e. The van der Waals surface area contributed by atoms with Gasteiger partial charge in [0.1, 0.15) is 5.69 Å². The van der Waals surface area contributed by atoms with Crippen molar-refractivity contribution in [3.8, 4) is 16.6 Å². The molecule has 3 aromatic heterocycles. The molecule has 0 radical (unpaired) electrons. The Labute approximate surface area is 177 Å². The summed E-state index contributed by atoms with van der Waals surface area (Å²) in [7, 11) is 0. The van der Waals surface area contributed by atoms with E-state index in [-0.39, 0.29) is 6.01 Å². The van der Waals surface area contributed by atoms with Gasteiger partial charge in [-0.2, -0.15) is 0 Å². The average Bonchev–Trinajstić information content (AvgIpc) is 3.36. The smallest absolute Gasteiger partial charge is 0.375 e. The number of ether oxygens (including phenoxy) is 1. The third-order valence-corrected chi connectivity index (χ3v) is 6.07. The van der Waals surface area contributed by atoms with E-state index in [0.29, 0.717) is 40.8 Å². The fraction of sp³-hybridized carbons (Fsp3) is 0.421. The maximum Gasteiger partial charge on any atom is 0.415 e. The van der Waals surface area contributed by atoms with Crippen molar-refractivity contribution in [1.82, 2.24) is 24.9 Å². The molecule has 0 saturated carbocycles. The molecule has 8 nitrogen and oxygen atoms in total. The van der Waals surface area contributed by atoms with Crippen molar-refractivity contribution < 1.29 is 14.1 Å². The number of hydrogen-bond acceptors (Lipinski definition) is 7. The molecule has 10 heteroatoms. The third-order valence-electron chi connectivity index (χ3n) is 4.82. The van der Waals surface area contributed by atoms with E-state index < -0.39 is 6.09 Å². The molecule has 0 spiro atoms. The van der Waals surface area contributed by atoms with Crippen molar-refractivity contribution in [1.29, 1.82) is 0 Å². The van der Waals surface area contributed by atoms with E-state index in [1.54, 1.807) is 17.0 Å². The minimum absolute atomic E-state index is 0.212. The van der Waals surface area contributed by atoms with E-state index in [1.165, 1.54) is 11.3 Å². The fourth-order valence-electron chi connectivity index (χ4n) is 3.15. The summed E-state index contributed by atoms with van der Waals surface area (Å²) in [5.41, 5.74) is 0.691. The summed E-state index contributed by atoms with van der Waals surface area (Å²) >= 11 is 7.39. The first kappa shape index (κ1) is 19.9. The van der Waals surface area contributed by atoms with Crippen molar-refractivity contribution >= 4 is 29.0 Å². The summed E-state index contributed by atoms with van der Waals surface area (Å²) in [5.74, 6) is 1.11. The van der Waals surface area contributed by atoms with Gasteiger partial charge in [-0.15, -0.1) is 11.3 Å². The number of nitrogens with zero attached hydrogens (tertiary/aromatic N) is 4. The minimum atomic E-state index is -0.505. The Balaban J connectivity index is 1.30. The van der Waals surface area contributed by atoms with Gasteiger partial charge in [0.05, 0.1) is 15.8 Å². The molecule has 0 unspecified atom stereocenters. The van der Waals surface area contributed by atoms with Crippen LogP contribution in [0.2, 0.25) is 4.34 Å². The highest BCUT2D eigenvalue weighted by Crippen LogP contribution is 2.31. The van der Waals surface area contributed by atoms with Crippen molar-refractivity contribution in [2.45, 2.75) is 26.4 Å². The molecular weight excluding hydrogens is 414 g/mol. The lowest BCUT2D eigenvalue weighted by atomic mass is 9.98. The Morgan fingerprint density at radius 1 is 1.45 bits per heavy atom. The van der Waals surface area contributed by atoms with Crippen LogP contribution in [0.25, 0.3) is 10.6 Å². The molecule has 1 aliphatic rings. The fourth-order valence-corrected chi connectivity index (χ4v) is 4.14. The number of likely N-dealkylation sites (tertiary alicyclic amines) is 1. The Hall–Kier alpha value is -2.36. The van der Waals surface area contributed by atoms with Crippen LogP contribution >= 0.6 is 22.9 Å². The van der Waals surface area contributed by atoms with Gasteiger partial charge in [-0.3, -0.25) is 4.57 Å². The summed E-state index contributed by atoms with van der Waals surface area (Å²) in [5, 5.41) is 6.89. The first-order valence-electron chi connectivity index (χ1n) is 9.40. The van der Waals surface area contributed by atoms with E-state index in [0.717, 1.165) is 18.0 Å². The second kappa shape index (κ2) is 8.56. The normalized spacial score (nSPS) is 14.9. The zero-order valence-corrected chi connectivity index (χ0v) is 17.7. The van der Waals surface area contributed by atoms with Crippen LogP contribution in [0.15, 0.2) is 35.1 Å². The van der Waals surface area contributed by atoms with Gasteiger partial charge in [-0.1, -0.05) is 16.8 Å². The summed E-state index contributed by atoms with van der Waals surface area (Å²) in [6.07, 6.45) is 2.80. The van der Waals surface area contributed by atoms with Gasteiger partial charge in [-0.25, -0.2) is 9.78 Å². The predicted octanol–water partition coefficient (Wildman–Crippen LogP) is 3.73. The molecule has 1 aliphatic heterocycles. The topological polar surface area (TPSA) is 85.4 Å². The van der Waals surface area contributed by atoms with E-state index >= 15 is 0 Å². The van der Waals surface area contributed by atoms with E-state index in [9.17, 15) is 4.79 Å². The second-order valence-corrected chi connectivity index (χ2v) is 9.02. The van der Waals surface area contributed by atoms with Crippen LogP contribution in [-0.2, 0) is 6.54 Å². The molecule has 3 aromatic rings. The minimum Gasteiger partial charge on any atom is -0.375 e. The summed E-state index contributed by atoms with van der Waals surface area (Å²) in [4.78, 5) is 19.5. The molecule has 29 heavy (non-hydrogen) atoms. The van der Waals surface area contributed by atoms with E-state index in [1.807, 2.05) is 18.2 Å². The highest BCUT2D eigenvalue weighted by molar-refractivity contribution is 7.19. The number of imidazole rings is 1. The maximum absolute atomic E-state index is 12.1. The average molecular weight is 436 g/mol. The van der Waals surface area contributed by atoms with Crippen molar-refractivity contribution in [3.05, 3.63) is 40.6 Å². The molecule has 4 heterocycles. The van der Waals surface area contributed by atoms with E-state index in [2.05, 4.69) is 34.2 Å². The number of amides is 1. The molecule has 4 rings (SSSR count). The lowest BCUT2D eigenvalue weighted by Gasteiger charge is -2.42. The molecule has 1 amide bonds. The van der Waals surface area contributed by atoms with Crippen LogP contribution in [0.1, 0.15) is 19.5 Å². The quantitative estimate of drug-likeness (QED) is 0.608. The monoisotopic (exact) mass is 435 g/mol. The first-order valence-corrected chi connectivity index (χ1v) is 10.6. The molecule has 0 aliphatic carbocycles. The summed E-state index contributed by atoms with van der Waals surface area (Å²) in [6, 6.07) is 6.29. The molecule has 0 aromatic carbocycles. The number of nitrogens with one attached hydrogen (secondary N) is 1. The summed E-state index contributed by atoms with van der Waals surface area (Å²) < 4.78 is 13.1. The van der Waals surface area contributed by atoms with Crippen LogP contribution in [0.4, 0.5) is 4.79 Å². The Bertz CT molecular complexity index is 976. The van der Waals surface area contributed by atoms with Crippen molar-refractivity contribution in [2.75, 3.05) is 19.6 Å². The zero-order valence-electron chi connectivity index (χ0n) is 16.2. The van der Waals surface area contributed by atoms with Gasteiger partial charge < -0.3 is 19.5 Å². The highest BCUT2D eigenvalue weighted by Gasteiger charge is 2.28. The molecule has 154 valence electrons. The van der Waals surface area contributed by atoms with Gasteiger partial charge in [0.15, 0.2) is 5.76 Å². The Morgan fingerprint density at radius 3 is 3.00 bits per heavy atom. The number of rotatable bonds is 7. The number of halogens is 1. The second-order valence-electron chi connectivity index (χ2n) is 7.31. The molecule has 1 fully saturated rings. The maximum atomic E-state index is 12.1. The van der Waals surface area contributed by atoms with Crippen molar-refractivity contribution in [2.24, 2.45) is 5.92 Å². The van der Waals surface area contributed by atoms with Crippen LogP contribution in [0, 0.1) is 5.92 Å². The van der Waals surface area contributed by atoms with Crippen LogP contribution in [0.5, 0.6) is 6.01 Å². The first-order chi connectivity index (χ1) is 14.0. The predicted molar refractivity (Wildman–Crippen MR) is 110 cm³/mol. The van der Waals surface area contributed by atoms with Gasteiger partial charge in [0, 0.05) is 50.1 Å². The SMILES string of the molecule is CC(C)N1CC(CNC(=O)Oc2nccn2Cc2cc(-c3ccc(Cl)s3)on2)C1. The van der Waals surface area contributed by atoms with Gasteiger partial charge in [-0.05, 0) is 26.0 Å².